The standard InChI is InChI=1S/C11H15N3O4S/c1-8-6-4-5-7-9(8)12-10(15)13-11(16)14(2)19(3,17)18/h4-7H,1-3H3,(H2,12,13,15,16). The molecule has 7 nitrogen and oxygen atoms in total. The van der Waals surface area contributed by atoms with Crippen molar-refractivity contribution >= 4 is 27.8 Å². The van der Waals surface area contributed by atoms with Crippen LogP contribution in [0.15, 0.2) is 24.3 Å². The summed E-state index contributed by atoms with van der Waals surface area (Å²) in [6.45, 7) is 1.79. The fraction of sp³-hybridized carbons (Fsp3) is 0.273. The fourth-order valence-corrected chi connectivity index (χ4v) is 1.54. The summed E-state index contributed by atoms with van der Waals surface area (Å²) in [5, 5.41) is 4.37. The smallest absolute Gasteiger partial charge is 0.307 e. The van der Waals surface area contributed by atoms with Crippen LogP contribution in [0.25, 0.3) is 0 Å². The van der Waals surface area contributed by atoms with Gasteiger partial charge >= 0.3 is 12.1 Å². The van der Waals surface area contributed by atoms with Gasteiger partial charge in [0.05, 0.1) is 6.26 Å². The van der Waals surface area contributed by atoms with Gasteiger partial charge in [0.1, 0.15) is 0 Å². The van der Waals surface area contributed by atoms with E-state index in [0.717, 1.165) is 18.9 Å². The van der Waals surface area contributed by atoms with Crippen molar-refractivity contribution < 1.29 is 18.0 Å². The molecule has 0 atom stereocenters. The fourth-order valence-electron chi connectivity index (χ4n) is 1.19. The molecule has 19 heavy (non-hydrogen) atoms. The van der Waals surface area contributed by atoms with Gasteiger partial charge in [0, 0.05) is 12.7 Å². The van der Waals surface area contributed by atoms with Crippen LogP contribution in [0.2, 0.25) is 0 Å². The minimum Gasteiger partial charge on any atom is -0.307 e. The topological polar surface area (TPSA) is 95.6 Å². The van der Waals surface area contributed by atoms with E-state index < -0.39 is 22.1 Å². The van der Waals surface area contributed by atoms with Crippen LogP contribution in [-0.2, 0) is 10.0 Å². The Morgan fingerprint density at radius 2 is 1.79 bits per heavy atom. The van der Waals surface area contributed by atoms with Crippen LogP contribution in [0.4, 0.5) is 15.3 Å². The van der Waals surface area contributed by atoms with Crippen molar-refractivity contribution in [3.8, 4) is 0 Å². The highest BCUT2D eigenvalue weighted by atomic mass is 32.2. The highest BCUT2D eigenvalue weighted by molar-refractivity contribution is 7.88. The second-order valence-electron chi connectivity index (χ2n) is 3.93. The van der Waals surface area contributed by atoms with Gasteiger partial charge in [-0.1, -0.05) is 18.2 Å². The molecule has 0 aliphatic carbocycles. The van der Waals surface area contributed by atoms with Crippen LogP contribution in [0.5, 0.6) is 0 Å². The Labute approximate surface area is 111 Å². The summed E-state index contributed by atoms with van der Waals surface area (Å²) in [6, 6.07) is 5.18. The monoisotopic (exact) mass is 285 g/mol. The summed E-state index contributed by atoms with van der Waals surface area (Å²) in [6.07, 6.45) is 0.867. The molecule has 0 saturated carbocycles. The molecule has 4 amide bonds. The zero-order valence-electron chi connectivity index (χ0n) is 10.8. The molecule has 0 radical (unpaired) electrons. The number of hydrogen-bond acceptors (Lipinski definition) is 4. The van der Waals surface area contributed by atoms with E-state index in [9.17, 15) is 18.0 Å². The third-order valence-corrected chi connectivity index (χ3v) is 3.56. The van der Waals surface area contributed by atoms with E-state index >= 15 is 0 Å². The minimum atomic E-state index is -3.69. The molecule has 0 heterocycles. The van der Waals surface area contributed by atoms with Gasteiger partial charge in [-0.05, 0) is 18.6 Å². The number of hydrogen-bond donors (Lipinski definition) is 2. The minimum absolute atomic E-state index is 0.449. The SMILES string of the molecule is Cc1ccccc1NC(=O)NC(=O)N(C)S(C)(=O)=O. The van der Waals surface area contributed by atoms with Crippen molar-refractivity contribution in [1.29, 1.82) is 0 Å². The van der Waals surface area contributed by atoms with Gasteiger partial charge in [-0.3, -0.25) is 5.32 Å². The first-order valence-electron chi connectivity index (χ1n) is 5.33. The lowest BCUT2D eigenvalue weighted by molar-refractivity contribution is 0.223. The second-order valence-corrected chi connectivity index (χ2v) is 5.94. The number of anilines is 1. The van der Waals surface area contributed by atoms with Crippen LogP contribution in [0.1, 0.15) is 5.56 Å². The van der Waals surface area contributed by atoms with Crippen LogP contribution >= 0.6 is 0 Å². The summed E-state index contributed by atoms with van der Waals surface area (Å²) in [5.74, 6) is 0. The molecule has 1 rings (SSSR count). The highest BCUT2D eigenvalue weighted by Crippen LogP contribution is 2.12. The first kappa shape index (κ1) is 15.0. The van der Waals surface area contributed by atoms with Gasteiger partial charge in [0.25, 0.3) is 0 Å². The van der Waals surface area contributed by atoms with Crippen LogP contribution in [-0.4, -0.2) is 38.1 Å². The number of amides is 4. The molecule has 2 N–H and O–H groups in total. The second kappa shape index (κ2) is 5.70. The number of carbonyl (C=O) groups is 2. The molecule has 0 fully saturated rings. The predicted octanol–water partition coefficient (Wildman–Crippen LogP) is 1.13. The quantitative estimate of drug-likeness (QED) is 0.851. The molecule has 1 aromatic rings. The van der Waals surface area contributed by atoms with Crippen LogP contribution in [0, 0.1) is 6.92 Å². The number of rotatable bonds is 2. The lowest BCUT2D eigenvalue weighted by Gasteiger charge is -2.15. The van der Waals surface area contributed by atoms with Crippen molar-refractivity contribution in [1.82, 2.24) is 9.62 Å². The predicted molar refractivity (Wildman–Crippen MR) is 71.3 cm³/mol. The lowest BCUT2D eigenvalue weighted by atomic mass is 10.2. The van der Waals surface area contributed by atoms with Gasteiger partial charge in [0.15, 0.2) is 0 Å². The van der Waals surface area contributed by atoms with Crippen molar-refractivity contribution in [3.05, 3.63) is 29.8 Å². The van der Waals surface area contributed by atoms with Crippen molar-refractivity contribution in [2.75, 3.05) is 18.6 Å². The Kier molecular flexibility index (Phi) is 4.49. The molecular formula is C11H15N3O4S. The normalized spacial score (nSPS) is 10.7. The largest absolute Gasteiger partial charge is 0.338 e. The number of carbonyl (C=O) groups excluding carboxylic acids is 2. The van der Waals surface area contributed by atoms with Crippen molar-refractivity contribution in [2.45, 2.75) is 6.92 Å². The van der Waals surface area contributed by atoms with Gasteiger partial charge < -0.3 is 5.32 Å². The Morgan fingerprint density at radius 3 is 2.32 bits per heavy atom. The number of nitrogens with zero attached hydrogens (tertiary/aromatic N) is 1. The van der Waals surface area contributed by atoms with Crippen LogP contribution < -0.4 is 10.6 Å². The van der Waals surface area contributed by atoms with Gasteiger partial charge in [-0.25, -0.2) is 22.3 Å². The number of nitrogens with one attached hydrogen (secondary N) is 2. The number of sulfonamides is 1. The zero-order valence-corrected chi connectivity index (χ0v) is 11.6. The molecule has 0 aromatic heterocycles. The van der Waals surface area contributed by atoms with Gasteiger partial charge in [-0.2, -0.15) is 0 Å². The Bertz CT molecular complexity index is 598. The maximum absolute atomic E-state index is 11.5. The van der Waals surface area contributed by atoms with Gasteiger partial charge in [-0.15, -0.1) is 0 Å². The molecule has 0 saturated heterocycles. The van der Waals surface area contributed by atoms with E-state index in [1.54, 1.807) is 31.2 Å². The number of aryl methyl sites for hydroxylation is 1. The Balaban J connectivity index is 2.67. The van der Waals surface area contributed by atoms with E-state index in [1.807, 2.05) is 5.32 Å². The van der Waals surface area contributed by atoms with E-state index in [1.165, 1.54) is 0 Å². The molecule has 0 aliphatic rings. The summed E-state index contributed by atoms with van der Waals surface area (Å²) in [4.78, 5) is 23.0. The summed E-state index contributed by atoms with van der Waals surface area (Å²) < 4.78 is 22.6. The van der Waals surface area contributed by atoms with E-state index in [4.69, 9.17) is 0 Å². The van der Waals surface area contributed by atoms with E-state index in [-0.39, 0.29) is 0 Å². The number of para-hydroxylation sites is 1. The molecule has 0 bridgehead atoms. The molecule has 0 aliphatic heterocycles. The third-order valence-electron chi connectivity index (χ3n) is 2.40. The molecule has 1 aromatic carbocycles. The maximum Gasteiger partial charge on any atom is 0.338 e. The average Bonchev–Trinajstić information content (AvgIpc) is 2.29. The molecule has 0 spiro atoms. The van der Waals surface area contributed by atoms with E-state index in [2.05, 4.69) is 5.32 Å². The Morgan fingerprint density at radius 1 is 1.21 bits per heavy atom. The van der Waals surface area contributed by atoms with Crippen molar-refractivity contribution in [3.63, 3.8) is 0 Å². The van der Waals surface area contributed by atoms with Crippen LogP contribution in [0.3, 0.4) is 0 Å². The first-order valence-corrected chi connectivity index (χ1v) is 7.18. The number of urea groups is 2. The molecule has 104 valence electrons. The molecular weight excluding hydrogens is 270 g/mol. The van der Waals surface area contributed by atoms with E-state index in [0.29, 0.717) is 9.99 Å². The summed E-state index contributed by atoms with van der Waals surface area (Å²) in [5.41, 5.74) is 1.36. The van der Waals surface area contributed by atoms with Gasteiger partial charge in [0.2, 0.25) is 10.0 Å². The number of benzene rings is 1. The first-order chi connectivity index (χ1) is 8.71. The lowest BCUT2D eigenvalue weighted by Crippen LogP contribution is -2.44. The molecule has 8 heteroatoms. The Hall–Kier alpha value is -2.09. The highest BCUT2D eigenvalue weighted by Gasteiger charge is 2.20. The average molecular weight is 285 g/mol. The number of imide groups is 1. The molecule has 0 unspecified atom stereocenters. The van der Waals surface area contributed by atoms with Crippen molar-refractivity contribution in [2.24, 2.45) is 0 Å². The summed E-state index contributed by atoms with van der Waals surface area (Å²) >= 11 is 0. The maximum atomic E-state index is 11.5. The summed E-state index contributed by atoms with van der Waals surface area (Å²) in [7, 11) is -2.63. The zero-order chi connectivity index (χ0) is 14.6. The third kappa shape index (κ3) is 4.25.